The minimum Gasteiger partial charge on any atom is -0.351 e. The summed E-state index contributed by atoms with van der Waals surface area (Å²) in [5.74, 6) is -0.270. The molecule has 116 valence electrons. The molecule has 0 aliphatic carbocycles. The molecule has 0 radical (unpaired) electrons. The number of nitrogens with zero attached hydrogens (tertiary/aromatic N) is 1. The quantitative estimate of drug-likeness (QED) is 0.687. The molecule has 0 spiro atoms. The SMILES string of the molecule is CCCCCN(CC(=O)NC1CCS(=O)(=O)C1)C(C)=O. The van der Waals surface area contributed by atoms with Gasteiger partial charge in [0.25, 0.3) is 0 Å². The summed E-state index contributed by atoms with van der Waals surface area (Å²) in [6.07, 6.45) is 3.41. The fourth-order valence-electron chi connectivity index (χ4n) is 2.26. The van der Waals surface area contributed by atoms with Gasteiger partial charge in [0.05, 0.1) is 18.1 Å². The third-order valence-corrected chi connectivity index (χ3v) is 5.18. The van der Waals surface area contributed by atoms with Crippen molar-refractivity contribution >= 4 is 21.7 Å². The fourth-order valence-corrected chi connectivity index (χ4v) is 3.93. The fraction of sp³-hybridized carbons (Fsp3) is 0.846. The van der Waals surface area contributed by atoms with Crippen molar-refractivity contribution in [3.8, 4) is 0 Å². The summed E-state index contributed by atoms with van der Waals surface area (Å²) in [5.41, 5.74) is 0. The van der Waals surface area contributed by atoms with Crippen LogP contribution in [0.1, 0.15) is 39.5 Å². The van der Waals surface area contributed by atoms with Crippen LogP contribution in [-0.2, 0) is 19.4 Å². The second kappa shape index (κ2) is 7.61. The van der Waals surface area contributed by atoms with Gasteiger partial charge in [0.2, 0.25) is 11.8 Å². The molecule has 1 aliphatic heterocycles. The van der Waals surface area contributed by atoms with Gasteiger partial charge in [-0.2, -0.15) is 0 Å². The van der Waals surface area contributed by atoms with Crippen LogP contribution in [-0.4, -0.2) is 55.8 Å². The van der Waals surface area contributed by atoms with E-state index in [1.807, 2.05) is 0 Å². The Labute approximate surface area is 120 Å². The molecule has 1 unspecified atom stereocenters. The van der Waals surface area contributed by atoms with Crippen LogP contribution in [0.5, 0.6) is 0 Å². The number of carbonyl (C=O) groups is 2. The summed E-state index contributed by atoms with van der Waals surface area (Å²) in [7, 11) is -3.00. The Balaban J connectivity index is 2.40. The first-order chi connectivity index (χ1) is 9.34. The third kappa shape index (κ3) is 5.90. The molecule has 6 nitrogen and oxygen atoms in total. The van der Waals surface area contributed by atoms with Crippen molar-refractivity contribution in [2.45, 2.75) is 45.6 Å². The lowest BCUT2D eigenvalue weighted by Crippen LogP contribution is -2.44. The van der Waals surface area contributed by atoms with Gasteiger partial charge in [-0.1, -0.05) is 19.8 Å². The van der Waals surface area contributed by atoms with E-state index < -0.39 is 9.84 Å². The zero-order valence-corrected chi connectivity index (χ0v) is 13.0. The molecular weight excluding hydrogens is 280 g/mol. The molecule has 1 atom stereocenters. The number of sulfone groups is 1. The topological polar surface area (TPSA) is 83.6 Å². The van der Waals surface area contributed by atoms with Crippen LogP contribution in [0.25, 0.3) is 0 Å². The minimum atomic E-state index is -3.00. The van der Waals surface area contributed by atoms with E-state index in [0.717, 1.165) is 19.3 Å². The predicted octanol–water partition coefficient (Wildman–Crippen LogP) is 0.328. The van der Waals surface area contributed by atoms with Crippen LogP contribution in [0.2, 0.25) is 0 Å². The zero-order valence-electron chi connectivity index (χ0n) is 12.2. The average molecular weight is 304 g/mol. The van der Waals surface area contributed by atoms with E-state index in [1.165, 1.54) is 11.8 Å². The molecule has 0 aromatic rings. The van der Waals surface area contributed by atoms with Gasteiger partial charge in [-0.25, -0.2) is 8.42 Å². The van der Waals surface area contributed by atoms with Crippen LogP contribution in [0.15, 0.2) is 0 Å². The van der Waals surface area contributed by atoms with E-state index in [2.05, 4.69) is 12.2 Å². The summed E-state index contributed by atoms with van der Waals surface area (Å²) in [6.45, 7) is 4.10. The smallest absolute Gasteiger partial charge is 0.239 e. The largest absolute Gasteiger partial charge is 0.351 e. The summed E-state index contributed by atoms with van der Waals surface area (Å²) in [4.78, 5) is 24.8. The molecule has 1 N–H and O–H groups in total. The van der Waals surface area contributed by atoms with Crippen LogP contribution >= 0.6 is 0 Å². The first kappa shape index (κ1) is 16.9. The van der Waals surface area contributed by atoms with Crippen molar-refractivity contribution in [3.05, 3.63) is 0 Å². The molecule has 0 saturated carbocycles. The van der Waals surface area contributed by atoms with Gasteiger partial charge in [-0.3, -0.25) is 9.59 Å². The maximum absolute atomic E-state index is 11.9. The lowest BCUT2D eigenvalue weighted by Gasteiger charge is -2.21. The number of hydrogen-bond donors (Lipinski definition) is 1. The van der Waals surface area contributed by atoms with Crippen LogP contribution in [0, 0.1) is 0 Å². The monoisotopic (exact) mass is 304 g/mol. The summed E-state index contributed by atoms with van der Waals surface area (Å²) in [5, 5.41) is 2.70. The highest BCUT2D eigenvalue weighted by molar-refractivity contribution is 7.91. The summed E-state index contributed by atoms with van der Waals surface area (Å²) >= 11 is 0. The second-order valence-corrected chi connectivity index (χ2v) is 7.54. The first-order valence-electron chi connectivity index (χ1n) is 7.09. The minimum absolute atomic E-state index is 0.00858. The van der Waals surface area contributed by atoms with Crippen molar-refractivity contribution < 1.29 is 18.0 Å². The molecule has 7 heteroatoms. The Bertz CT molecular complexity index is 447. The van der Waals surface area contributed by atoms with Crippen molar-refractivity contribution in [1.29, 1.82) is 0 Å². The lowest BCUT2D eigenvalue weighted by molar-refractivity contribution is -0.134. The Hall–Kier alpha value is -1.11. The summed E-state index contributed by atoms with van der Waals surface area (Å²) in [6, 6.07) is -0.308. The molecule has 1 rings (SSSR count). The van der Waals surface area contributed by atoms with E-state index in [9.17, 15) is 18.0 Å². The van der Waals surface area contributed by atoms with Gasteiger partial charge in [0.15, 0.2) is 9.84 Å². The Morgan fingerprint density at radius 3 is 2.50 bits per heavy atom. The van der Waals surface area contributed by atoms with Gasteiger partial charge in [0.1, 0.15) is 0 Å². The highest BCUT2D eigenvalue weighted by Gasteiger charge is 2.29. The highest BCUT2D eigenvalue weighted by Crippen LogP contribution is 2.11. The number of nitrogens with one attached hydrogen (secondary N) is 1. The number of hydrogen-bond acceptors (Lipinski definition) is 4. The van der Waals surface area contributed by atoms with Crippen LogP contribution < -0.4 is 5.32 Å². The number of amides is 2. The molecule has 2 amide bonds. The van der Waals surface area contributed by atoms with Crippen molar-refractivity contribution in [1.82, 2.24) is 10.2 Å². The Morgan fingerprint density at radius 2 is 2.00 bits per heavy atom. The average Bonchev–Trinajstić information content (AvgIpc) is 2.67. The molecule has 1 fully saturated rings. The molecule has 0 bridgehead atoms. The van der Waals surface area contributed by atoms with E-state index in [4.69, 9.17) is 0 Å². The molecule has 20 heavy (non-hydrogen) atoms. The standard InChI is InChI=1S/C13H24N2O4S/c1-3-4-5-7-15(11(2)16)9-13(17)14-12-6-8-20(18,19)10-12/h12H,3-10H2,1-2H3,(H,14,17). The first-order valence-corrected chi connectivity index (χ1v) is 8.91. The predicted molar refractivity (Wildman–Crippen MR) is 77.0 cm³/mol. The number of carbonyl (C=O) groups excluding carboxylic acids is 2. The molecule has 1 saturated heterocycles. The summed E-state index contributed by atoms with van der Waals surface area (Å²) < 4.78 is 22.6. The van der Waals surface area contributed by atoms with Gasteiger partial charge >= 0.3 is 0 Å². The van der Waals surface area contributed by atoms with Gasteiger partial charge in [-0.05, 0) is 12.8 Å². The second-order valence-electron chi connectivity index (χ2n) is 5.32. The van der Waals surface area contributed by atoms with Crippen LogP contribution in [0.3, 0.4) is 0 Å². The van der Waals surface area contributed by atoms with Gasteiger partial charge in [0, 0.05) is 19.5 Å². The zero-order chi connectivity index (χ0) is 15.2. The van der Waals surface area contributed by atoms with E-state index >= 15 is 0 Å². The highest BCUT2D eigenvalue weighted by atomic mass is 32.2. The van der Waals surface area contributed by atoms with E-state index in [1.54, 1.807) is 0 Å². The van der Waals surface area contributed by atoms with Crippen LogP contribution in [0.4, 0.5) is 0 Å². The maximum atomic E-state index is 11.9. The van der Waals surface area contributed by atoms with E-state index in [0.29, 0.717) is 13.0 Å². The molecule has 1 heterocycles. The molecule has 0 aromatic heterocycles. The van der Waals surface area contributed by atoms with E-state index in [-0.39, 0.29) is 35.9 Å². The van der Waals surface area contributed by atoms with Crippen molar-refractivity contribution in [2.75, 3.05) is 24.6 Å². The lowest BCUT2D eigenvalue weighted by atomic mass is 10.2. The Kier molecular flexibility index (Phi) is 6.45. The van der Waals surface area contributed by atoms with Gasteiger partial charge in [-0.15, -0.1) is 0 Å². The number of rotatable bonds is 7. The normalized spacial score (nSPS) is 20.6. The molecular formula is C13H24N2O4S. The number of unbranched alkanes of at least 4 members (excludes halogenated alkanes) is 2. The molecule has 0 aromatic carbocycles. The maximum Gasteiger partial charge on any atom is 0.239 e. The molecule has 1 aliphatic rings. The van der Waals surface area contributed by atoms with Gasteiger partial charge < -0.3 is 10.2 Å². The van der Waals surface area contributed by atoms with Crippen molar-refractivity contribution in [3.63, 3.8) is 0 Å². The Morgan fingerprint density at radius 1 is 1.30 bits per heavy atom. The third-order valence-electron chi connectivity index (χ3n) is 3.41. The van der Waals surface area contributed by atoms with Crippen molar-refractivity contribution in [2.24, 2.45) is 0 Å².